The Balaban J connectivity index is -0.0000000450. The van der Waals surface area contributed by atoms with Crippen LogP contribution in [-0.4, -0.2) is 21.1 Å². The second kappa shape index (κ2) is 16.2. The van der Waals surface area contributed by atoms with Crippen LogP contribution >= 0.6 is 0 Å². The first-order chi connectivity index (χ1) is 1.91. The topological polar surface area (TPSA) is 0 Å². The minimum absolute atomic E-state index is 0. The van der Waals surface area contributed by atoms with Gasteiger partial charge in [0.15, 0.2) is 0 Å². The molecule has 0 rings (SSSR count). The molecule has 0 saturated carbocycles. The third-order valence-electron chi connectivity index (χ3n) is 0.354. The van der Waals surface area contributed by atoms with Crippen molar-refractivity contribution in [2.24, 2.45) is 0 Å². The molecular formula is C3H8Cl2Sn. The number of hydrogen-bond acceptors (Lipinski definition) is 0. The Labute approximate surface area is 62.1 Å². The van der Waals surface area contributed by atoms with Gasteiger partial charge in [-0.1, -0.05) is 0 Å². The molecule has 0 aliphatic rings. The number of rotatable bonds is 1. The predicted molar refractivity (Wildman–Crippen MR) is 22.1 cm³/mol. The van der Waals surface area contributed by atoms with E-state index >= 15 is 0 Å². The molecule has 0 unspecified atom stereocenters. The second-order valence-corrected chi connectivity index (χ2v) is 4.74. The molecule has 0 bridgehead atoms. The summed E-state index contributed by atoms with van der Waals surface area (Å²) in [7, 11) is 0. The summed E-state index contributed by atoms with van der Waals surface area (Å²) >= 11 is 0.224. The molecule has 0 aromatic carbocycles. The normalized spacial score (nSPS) is 3.67. The third-order valence-corrected chi connectivity index (χ3v) is 2.37. The Hall–Kier alpha value is 1.38. The first kappa shape index (κ1) is 15.7. The molecule has 0 aromatic heterocycles. The molecule has 0 aliphatic heterocycles. The van der Waals surface area contributed by atoms with Gasteiger partial charge in [0.1, 0.15) is 0 Å². The molecule has 3 heteroatoms. The van der Waals surface area contributed by atoms with Crippen LogP contribution in [0, 0.1) is 0 Å². The summed E-state index contributed by atoms with van der Waals surface area (Å²) in [5.74, 6) is 0. The SMILES string of the molecule is C[CH2][Sn+2][CH3].[Cl-].[Cl-]. The average Bonchev–Trinajstić information content (AvgIpc) is 1.37. The molecule has 0 aromatic rings. The minimum Gasteiger partial charge on any atom is -1.00 e. The Morgan fingerprint density at radius 1 is 1.33 bits per heavy atom. The van der Waals surface area contributed by atoms with Crippen LogP contribution in [0.3, 0.4) is 0 Å². The zero-order valence-electron chi connectivity index (χ0n) is 3.96. The third kappa shape index (κ3) is 18.2. The van der Waals surface area contributed by atoms with Crippen molar-refractivity contribution < 1.29 is 24.8 Å². The summed E-state index contributed by atoms with van der Waals surface area (Å²) < 4.78 is 1.49. The monoisotopic (exact) mass is 234 g/mol. The average molecular weight is 234 g/mol. The quantitative estimate of drug-likeness (QED) is 0.399. The van der Waals surface area contributed by atoms with Gasteiger partial charge in [-0.2, -0.15) is 0 Å². The number of halogens is 2. The summed E-state index contributed by atoms with van der Waals surface area (Å²) in [6.07, 6.45) is 0. The van der Waals surface area contributed by atoms with Crippen molar-refractivity contribution in [1.82, 2.24) is 0 Å². The fraction of sp³-hybridized carbons (Fsp3) is 1.00. The van der Waals surface area contributed by atoms with Gasteiger partial charge in [-0.15, -0.1) is 0 Å². The summed E-state index contributed by atoms with van der Waals surface area (Å²) in [5, 5.41) is 0. The second-order valence-electron chi connectivity index (χ2n) is 0.707. The summed E-state index contributed by atoms with van der Waals surface area (Å²) in [5.41, 5.74) is 0. The van der Waals surface area contributed by atoms with Gasteiger partial charge < -0.3 is 24.8 Å². The van der Waals surface area contributed by atoms with Gasteiger partial charge in [0, 0.05) is 0 Å². The minimum atomic E-state index is 0. The van der Waals surface area contributed by atoms with E-state index in [0.29, 0.717) is 0 Å². The summed E-state index contributed by atoms with van der Waals surface area (Å²) in [6, 6.07) is 0. The first-order valence-electron chi connectivity index (χ1n) is 1.56. The van der Waals surface area contributed by atoms with Crippen molar-refractivity contribution in [3.63, 3.8) is 0 Å². The number of hydrogen-bond donors (Lipinski definition) is 0. The molecule has 0 amide bonds. The van der Waals surface area contributed by atoms with E-state index in [1.54, 1.807) is 0 Å². The van der Waals surface area contributed by atoms with Crippen LogP contribution in [-0.2, 0) is 0 Å². The van der Waals surface area contributed by atoms with Crippen molar-refractivity contribution in [2.45, 2.75) is 16.3 Å². The van der Waals surface area contributed by atoms with Crippen LogP contribution in [0.25, 0.3) is 0 Å². The van der Waals surface area contributed by atoms with E-state index in [0.717, 1.165) is 0 Å². The van der Waals surface area contributed by atoms with Crippen molar-refractivity contribution in [2.75, 3.05) is 0 Å². The van der Waals surface area contributed by atoms with E-state index < -0.39 is 0 Å². The summed E-state index contributed by atoms with van der Waals surface area (Å²) in [4.78, 5) is 2.35. The molecule has 0 aliphatic carbocycles. The zero-order chi connectivity index (χ0) is 3.41. The van der Waals surface area contributed by atoms with Gasteiger partial charge in [0.05, 0.1) is 0 Å². The van der Waals surface area contributed by atoms with Crippen LogP contribution in [0.4, 0.5) is 0 Å². The van der Waals surface area contributed by atoms with Crippen molar-refractivity contribution in [3.05, 3.63) is 0 Å². The van der Waals surface area contributed by atoms with Crippen molar-refractivity contribution in [3.8, 4) is 0 Å². The van der Waals surface area contributed by atoms with E-state index in [4.69, 9.17) is 0 Å². The van der Waals surface area contributed by atoms with Crippen LogP contribution in [0.5, 0.6) is 0 Å². The van der Waals surface area contributed by atoms with Gasteiger partial charge in [-0.3, -0.25) is 0 Å². The molecule has 0 N–H and O–H groups in total. The van der Waals surface area contributed by atoms with Gasteiger partial charge >= 0.3 is 37.4 Å². The van der Waals surface area contributed by atoms with Gasteiger partial charge in [-0.05, 0) is 0 Å². The molecule has 0 spiro atoms. The summed E-state index contributed by atoms with van der Waals surface area (Å²) in [6.45, 7) is 2.26. The van der Waals surface area contributed by atoms with E-state index in [-0.39, 0.29) is 46.0 Å². The molecule has 0 fully saturated rings. The van der Waals surface area contributed by atoms with E-state index in [1.807, 2.05) is 0 Å². The maximum absolute atomic E-state index is 2.35. The zero-order valence-corrected chi connectivity index (χ0v) is 8.33. The Bertz CT molecular complexity index is 10.8. The van der Waals surface area contributed by atoms with E-state index in [2.05, 4.69) is 11.9 Å². The van der Waals surface area contributed by atoms with Crippen molar-refractivity contribution >= 4 is 21.1 Å². The molecule has 0 heterocycles. The molecule has 6 heavy (non-hydrogen) atoms. The van der Waals surface area contributed by atoms with Crippen LogP contribution in [0.15, 0.2) is 0 Å². The Kier molecular flexibility index (Phi) is 42.2. The molecule has 0 radical (unpaired) electrons. The fourth-order valence-electron chi connectivity index (χ4n) is 0. The molecule has 38 valence electrons. The van der Waals surface area contributed by atoms with Gasteiger partial charge in [-0.25, -0.2) is 0 Å². The van der Waals surface area contributed by atoms with E-state index in [9.17, 15) is 0 Å². The molecule has 0 nitrogen and oxygen atoms in total. The predicted octanol–water partition coefficient (Wildman–Crippen LogP) is -4.82. The molecule has 0 saturated heterocycles. The Morgan fingerprint density at radius 3 is 1.50 bits per heavy atom. The van der Waals surface area contributed by atoms with E-state index in [1.165, 1.54) is 4.44 Å². The van der Waals surface area contributed by atoms with Crippen LogP contribution in [0.1, 0.15) is 6.92 Å². The maximum atomic E-state index is 2.35. The Morgan fingerprint density at radius 2 is 1.50 bits per heavy atom. The molecule has 0 atom stereocenters. The maximum Gasteiger partial charge on any atom is -1.00 e. The van der Waals surface area contributed by atoms with Crippen LogP contribution < -0.4 is 24.8 Å². The fourth-order valence-corrected chi connectivity index (χ4v) is 0. The standard InChI is InChI=1S/C2H5.CH3.2ClH.Sn/c1-2;;;;/h1H2,2H3;1H3;2*1H;/q;;;;+2/p-2. The molecular weight excluding hydrogens is 226 g/mol. The van der Waals surface area contributed by atoms with Crippen LogP contribution in [0.2, 0.25) is 9.38 Å². The van der Waals surface area contributed by atoms with Gasteiger partial charge in [0.2, 0.25) is 0 Å². The largest absolute Gasteiger partial charge is 1.00 e. The van der Waals surface area contributed by atoms with Gasteiger partial charge in [0.25, 0.3) is 0 Å². The van der Waals surface area contributed by atoms with Crippen molar-refractivity contribution in [1.29, 1.82) is 0 Å². The first-order valence-corrected chi connectivity index (χ1v) is 6.43. The smallest absolute Gasteiger partial charge is 1.00 e.